The van der Waals surface area contributed by atoms with Gasteiger partial charge in [-0.1, -0.05) is 17.7 Å². The van der Waals surface area contributed by atoms with Crippen LogP contribution in [0.4, 0.5) is 0 Å². The van der Waals surface area contributed by atoms with E-state index in [2.05, 4.69) is 16.8 Å². The molecule has 2 fully saturated rings. The Morgan fingerprint density at radius 2 is 1.62 bits per heavy atom. The zero-order valence-electron chi connectivity index (χ0n) is 14.8. The number of hydrogen-bond donors (Lipinski definition) is 1. The molecule has 1 N–H and O–H groups in total. The molecule has 0 radical (unpaired) electrons. The Bertz CT molecular complexity index is 552. The van der Waals surface area contributed by atoms with E-state index in [9.17, 15) is 9.90 Å². The number of amides is 1. The minimum Gasteiger partial charge on any atom is -0.391 e. The van der Waals surface area contributed by atoms with E-state index in [1.165, 1.54) is 0 Å². The molecule has 5 heteroatoms. The van der Waals surface area contributed by atoms with Crippen LogP contribution in [0.1, 0.15) is 28.8 Å². The van der Waals surface area contributed by atoms with E-state index in [-0.39, 0.29) is 18.1 Å². The van der Waals surface area contributed by atoms with Crippen LogP contribution in [0.5, 0.6) is 0 Å². The van der Waals surface area contributed by atoms with E-state index in [1.807, 2.05) is 36.1 Å². The predicted molar refractivity (Wildman–Crippen MR) is 95.2 cm³/mol. The van der Waals surface area contributed by atoms with Crippen LogP contribution in [0.25, 0.3) is 0 Å². The quantitative estimate of drug-likeness (QED) is 0.885. The van der Waals surface area contributed by atoms with Crippen LogP contribution in [-0.4, -0.2) is 84.2 Å². The van der Waals surface area contributed by atoms with Gasteiger partial charge in [-0.15, -0.1) is 0 Å². The van der Waals surface area contributed by atoms with Gasteiger partial charge in [0.05, 0.1) is 6.10 Å². The zero-order chi connectivity index (χ0) is 17.1. The standard InChI is InChI=1S/C19H29N3O2/c1-15-3-5-16(6-4-15)19(24)22-9-7-17(18(23)8-10-22)21-13-11-20(2)12-14-21/h3-6,17-18,23H,7-14H2,1-2H3/t17-,18-/m0/s1. The number of carbonyl (C=O) groups excluding carboxylic acids is 1. The normalized spacial score (nSPS) is 27.0. The van der Waals surface area contributed by atoms with Crippen LogP contribution in [0, 0.1) is 6.92 Å². The maximum atomic E-state index is 12.7. The molecule has 2 heterocycles. The molecular weight excluding hydrogens is 302 g/mol. The van der Waals surface area contributed by atoms with Crippen molar-refractivity contribution in [3.63, 3.8) is 0 Å². The maximum absolute atomic E-state index is 12.7. The van der Waals surface area contributed by atoms with Gasteiger partial charge in [-0.3, -0.25) is 9.69 Å². The number of carbonyl (C=O) groups is 1. The maximum Gasteiger partial charge on any atom is 0.253 e. The lowest BCUT2D eigenvalue weighted by Gasteiger charge is -2.39. The molecule has 24 heavy (non-hydrogen) atoms. The Kier molecular flexibility index (Phi) is 5.54. The highest BCUT2D eigenvalue weighted by atomic mass is 16.3. The van der Waals surface area contributed by atoms with Crippen molar-refractivity contribution >= 4 is 5.91 Å². The van der Waals surface area contributed by atoms with Crippen molar-refractivity contribution in [1.82, 2.24) is 14.7 Å². The van der Waals surface area contributed by atoms with Crippen molar-refractivity contribution in [3.8, 4) is 0 Å². The molecule has 0 spiro atoms. The summed E-state index contributed by atoms with van der Waals surface area (Å²) in [6.45, 7) is 7.49. The van der Waals surface area contributed by atoms with Crippen molar-refractivity contribution in [1.29, 1.82) is 0 Å². The Hall–Kier alpha value is -1.43. The van der Waals surface area contributed by atoms with Crippen LogP contribution < -0.4 is 0 Å². The summed E-state index contributed by atoms with van der Waals surface area (Å²) in [5.74, 6) is 0.0845. The van der Waals surface area contributed by atoms with Gasteiger partial charge >= 0.3 is 0 Å². The molecule has 1 aromatic rings. The van der Waals surface area contributed by atoms with E-state index >= 15 is 0 Å². The van der Waals surface area contributed by atoms with Crippen molar-refractivity contribution in [2.24, 2.45) is 0 Å². The van der Waals surface area contributed by atoms with Gasteiger partial charge in [0, 0.05) is 50.9 Å². The van der Waals surface area contributed by atoms with Crippen molar-refractivity contribution in [2.75, 3.05) is 46.3 Å². The van der Waals surface area contributed by atoms with Crippen LogP contribution in [0.15, 0.2) is 24.3 Å². The van der Waals surface area contributed by atoms with Crippen molar-refractivity contribution < 1.29 is 9.90 Å². The molecule has 1 amide bonds. The number of benzene rings is 1. The van der Waals surface area contributed by atoms with Gasteiger partial charge < -0.3 is 14.9 Å². The van der Waals surface area contributed by atoms with Crippen LogP contribution >= 0.6 is 0 Å². The molecule has 132 valence electrons. The van der Waals surface area contributed by atoms with Gasteiger partial charge in [-0.05, 0) is 38.9 Å². The van der Waals surface area contributed by atoms with Gasteiger partial charge in [0.15, 0.2) is 0 Å². The molecule has 0 bridgehead atoms. The fourth-order valence-electron chi connectivity index (χ4n) is 3.73. The number of nitrogens with zero attached hydrogens (tertiary/aromatic N) is 3. The minimum atomic E-state index is -0.343. The van der Waals surface area contributed by atoms with E-state index in [0.717, 1.165) is 50.3 Å². The second-order valence-corrected chi connectivity index (χ2v) is 7.21. The average Bonchev–Trinajstić information content (AvgIpc) is 2.78. The van der Waals surface area contributed by atoms with Gasteiger partial charge in [0.2, 0.25) is 0 Å². The molecule has 0 aliphatic carbocycles. The van der Waals surface area contributed by atoms with E-state index in [4.69, 9.17) is 0 Å². The molecule has 2 atom stereocenters. The lowest BCUT2D eigenvalue weighted by Crippen LogP contribution is -2.52. The molecule has 0 unspecified atom stereocenters. The number of aliphatic hydroxyl groups excluding tert-OH is 1. The van der Waals surface area contributed by atoms with Crippen LogP contribution in [0.3, 0.4) is 0 Å². The first kappa shape index (κ1) is 17.4. The SMILES string of the molecule is Cc1ccc(C(=O)N2CC[C@H](O)[C@@H](N3CCN(C)CC3)CC2)cc1. The second-order valence-electron chi connectivity index (χ2n) is 7.21. The number of aliphatic hydroxyl groups is 1. The lowest BCUT2D eigenvalue weighted by atomic mass is 10.0. The fraction of sp³-hybridized carbons (Fsp3) is 0.632. The topological polar surface area (TPSA) is 47.0 Å². The van der Waals surface area contributed by atoms with Gasteiger partial charge in [0.25, 0.3) is 5.91 Å². The smallest absolute Gasteiger partial charge is 0.253 e. The molecule has 2 aliphatic heterocycles. The molecule has 3 rings (SSSR count). The molecule has 0 saturated carbocycles. The van der Waals surface area contributed by atoms with E-state index in [0.29, 0.717) is 13.0 Å². The highest BCUT2D eigenvalue weighted by molar-refractivity contribution is 5.94. The summed E-state index contributed by atoms with van der Waals surface area (Å²) in [5, 5.41) is 10.6. The lowest BCUT2D eigenvalue weighted by molar-refractivity contribution is 0.0224. The summed E-state index contributed by atoms with van der Waals surface area (Å²) in [7, 11) is 2.14. The van der Waals surface area contributed by atoms with Gasteiger partial charge in [-0.25, -0.2) is 0 Å². The summed E-state index contributed by atoms with van der Waals surface area (Å²) in [5.41, 5.74) is 1.90. The first-order valence-electron chi connectivity index (χ1n) is 9.01. The molecule has 2 saturated heterocycles. The number of piperazine rings is 1. The van der Waals surface area contributed by atoms with E-state index in [1.54, 1.807) is 0 Å². The monoisotopic (exact) mass is 331 g/mol. The summed E-state index contributed by atoms with van der Waals surface area (Å²) in [6, 6.07) is 7.93. The highest BCUT2D eigenvalue weighted by Gasteiger charge is 2.32. The summed E-state index contributed by atoms with van der Waals surface area (Å²) < 4.78 is 0. The first-order valence-corrected chi connectivity index (χ1v) is 9.01. The number of hydrogen-bond acceptors (Lipinski definition) is 4. The largest absolute Gasteiger partial charge is 0.391 e. The Morgan fingerprint density at radius 1 is 1.00 bits per heavy atom. The molecule has 5 nitrogen and oxygen atoms in total. The van der Waals surface area contributed by atoms with Crippen LogP contribution in [0.2, 0.25) is 0 Å². The fourth-order valence-corrected chi connectivity index (χ4v) is 3.73. The van der Waals surface area contributed by atoms with Gasteiger partial charge in [0.1, 0.15) is 0 Å². The van der Waals surface area contributed by atoms with Gasteiger partial charge in [-0.2, -0.15) is 0 Å². The average molecular weight is 331 g/mol. The van der Waals surface area contributed by atoms with Crippen LogP contribution in [-0.2, 0) is 0 Å². The molecule has 1 aromatic carbocycles. The number of likely N-dealkylation sites (N-methyl/N-ethyl adjacent to an activating group) is 1. The zero-order valence-corrected chi connectivity index (χ0v) is 14.8. The van der Waals surface area contributed by atoms with Crippen molar-refractivity contribution in [2.45, 2.75) is 31.9 Å². The number of aryl methyl sites for hydroxylation is 1. The Morgan fingerprint density at radius 3 is 2.29 bits per heavy atom. The third-order valence-corrected chi connectivity index (χ3v) is 5.43. The van der Waals surface area contributed by atoms with E-state index < -0.39 is 0 Å². The second kappa shape index (κ2) is 7.64. The summed E-state index contributed by atoms with van der Waals surface area (Å²) in [4.78, 5) is 19.4. The minimum absolute atomic E-state index is 0.0845. The summed E-state index contributed by atoms with van der Waals surface area (Å²) in [6.07, 6.45) is 1.17. The molecule has 2 aliphatic rings. The first-order chi connectivity index (χ1) is 11.5. The Balaban J connectivity index is 1.63. The number of rotatable bonds is 2. The Labute approximate surface area is 144 Å². The third-order valence-electron chi connectivity index (χ3n) is 5.43. The molecular formula is C19H29N3O2. The molecule has 0 aromatic heterocycles. The summed E-state index contributed by atoms with van der Waals surface area (Å²) >= 11 is 0. The van der Waals surface area contributed by atoms with Crippen molar-refractivity contribution in [3.05, 3.63) is 35.4 Å². The number of likely N-dealkylation sites (tertiary alicyclic amines) is 1. The highest BCUT2D eigenvalue weighted by Crippen LogP contribution is 2.20. The third kappa shape index (κ3) is 3.97. The predicted octanol–water partition coefficient (Wildman–Crippen LogP) is 1.21.